The van der Waals surface area contributed by atoms with Gasteiger partial charge in [-0.25, -0.2) is 8.78 Å². The van der Waals surface area contributed by atoms with Crippen LogP contribution >= 0.6 is 11.6 Å². The van der Waals surface area contributed by atoms with Crippen LogP contribution in [-0.4, -0.2) is 17.6 Å². The van der Waals surface area contributed by atoms with Crippen molar-refractivity contribution in [2.75, 3.05) is 6.61 Å². The van der Waals surface area contributed by atoms with Gasteiger partial charge in [0.2, 0.25) is 0 Å². The fraction of sp³-hybridized carbons (Fsp3) is 0.417. The molecule has 19 heavy (non-hydrogen) atoms. The number of aromatic nitrogens is 1. The maximum absolute atomic E-state index is 12.8. The fourth-order valence-electron chi connectivity index (χ4n) is 1.57. The van der Waals surface area contributed by atoms with Crippen LogP contribution in [-0.2, 0) is 21.8 Å². The molecule has 0 spiro atoms. The maximum Gasteiger partial charge on any atom is 0.310 e. The molecule has 1 rings (SSSR count). The Morgan fingerprint density at radius 2 is 2.32 bits per heavy atom. The first-order chi connectivity index (χ1) is 9.04. The average molecular weight is 289 g/mol. The van der Waals surface area contributed by atoms with Gasteiger partial charge in [-0.15, -0.1) is 11.6 Å². The molecule has 0 unspecified atom stereocenters. The largest absolute Gasteiger partial charge is 0.466 e. The van der Waals surface area contributed by atoms with Gasteiger partial charge >= 0.3 is 5.97 Å². The van der Waals surface area contributed by atoms with Gasteiger partial charge in [0, 0.05) is 11.8 Å². The van der Waals surface area contributed by atoms with Crippen LogP contribution in [0.5, 0.6) is 0 Å². The summed E-state index contributed by atoms with van der Waals surface area (Å²) in [7, 11) is 0. The van der Waals surface area contributed by atoms with Crippen LogP contribution in [0.15, 0.2) is 6.20 Å². The number of nitrogens with zero attached hydrogens (tertiary/aromatic N) is 2. The summed E-state index contributed by atoms with van der Waals surface area (Å²) >= 11 is 5.64. The standard InChI is InChI=1S/C12H11ClF2N2O2/c1-2-19-11(18)3-7-8(5-16)9(12(14)15)6-17-10(7)4-13/h6,12H,2-4H2,1H3. The molecule has 0 aliphatic rings. The van der Waals surface area contributed by atoms with E-state index in [0.29, 0.717) is 0 Å². The van der Waals surface area contributed by atoms with E-state index >= 15 is 0 Å². The first-order valence-corrected chi connectivity index (χ1v) is 5.99. The molecule has 0 bridgehead atoms. The molecule has 102 valence electrons. The summed E-state index contributed by atoms with van der Waals surface area (Å²) in [5.41, 5.74) is -0.422. The third kappa shape index (κ3) is 3.61. The number of ether oxygens (including phenoxy) is 1. The van der Waals surface area contributed by atoms with E-state index in [2.05, 4.69) is 4.98 Å². The lowest BCUT2D eigenvalue weighted by atomic mass is 10.00. The van der Waals surface area contributed by atoms with E-state index in [1.54, 1.807) is 13.0 Å². The second kappa shape index (κ2) is 7.00. The van der Waals surface area contributed by atoms with E-state index < -0.39 is 18.0 Å². The van der Waals surface area contributed by atoms with E-state index in [0.717, 1.165) is 6.20 Å². The molecule has 0 aromatic carbocycles. The molecule has 0 saturated carbocycles. The number of halogens is 3. The van der Waals surface area contributed by atoms with E-state index in [-0.39, 0.29) is 35.7 Å². The molecule has 0 saturated heterocycles. The van der Waals surface area contributed by atoms with E-state index in [1.807, 2.05) is 0 Å². The monoisotopic (exact) mass is 288 g/mol. The molecular weight excluding hydrogens is 278 g/mol. The molecule has 1 aromatic heterocycles. The van der Waals surface area contributed by atoms with Crippen molar-refractivity contribution in [3.63, 3.8) is 0 Å². The van der Waals surface area contributed by atoms with Crippen molar-refractivity contribution in [2.24, 2.45) is 0 Å². The summed E-state index contributed by atoms with van der Waals surface area (Å²) < 4.78 is 30.3. The molecular formula is C12H11ClF2N2O2. The minimum absolute atomic E-state index is 0.0765. The van der Waals surface area contributed by atoms with Gasteiger partial charge < -0.3 is 4.74 Å². The van der Waals surface area contributed by atoms with Gasteiger partial charge in [0.1, 0.15) is 6.07 Å². The highest BCUT2D eigenvalue weighted by atomic mass is 35.5. The van der Waals surface area contributed by atoms with Crippen LogP contribution in [0.1, 0.15) is 35.7 Å². The normalized spacial score (nSPS) is 10.3. The minimum Gasteiger partial charge on any atom is -0.466 e. The molecule has 0 amide bonds. The van der Waals surface area contributed by atoms with E-state index in [1.165, 1.54) is 0 Å². The summed E-state index contributed by atoms with van der Waals surface area (Å²) in [4.78, 5) is 15.2. The topological polar surface area (TPSA) is 63.0 Å². The fourth-order valence-corrected chi connectivity index (χ4v) is 1.80. The van der Waals surface area contributed by atoms with E-state index in [9.17, 15) is 13.6 Å². The quantitative estimate of drug-likeness (QED) is 0.617. The number of esters is 1. The average Bonchev–Trinajstić information content (AvgIpc) is 2.38. The molecule has 7 heteroatoms. The number of carbonyl (C=O) groups excluding carboxylic acids is 1. The number of rotatable bonds is 5. The summed E-state index contributed by atoms with van der Waals surface area (Å²) in [5, 5.41) is 9.00. The SMILES string of the molecule is CCOC(=O)Cc1c(CCl)ncc(C(F)F)c1C#N. The lowest BCUT2D eigenvalue weighted by molar-refractivity contribution is -0.142. The van der Waals surface area contributed by atoms with Gasteiger partial charge in [-0.2, -0.15) is 5.26 Å². The van der Waals surface area contributed by atoms with Crippen molar-refractivity contribution in [2.45, 2.75) is 25.7 Å². The zero-order valence-electron chi connectivity index (χ0n) is 10.1. The molecule has 0 aliphatic carbocycles. The smallest absolute Gasteiger partial charge is 0.310 e. The van der Waals surface area contributed by atoms with E-state index in [4.69, 9.17) is 21.6 Å². The first kappa shape index (κ1) is 15.3. The van der Waals surface area contributed by atoms with Crippen molar-refractivity contribution >= 4 is 17.6 Å². The highest BCUT2D eigenvalue weighted by molar-refractivity contribution is 6.17. The lowest BCUT2D eigenvalue weighted by Gasteiger charge is -2.11. The lowest BCUT2D eigenvalue weighted by Crippen LogP contribution is -2.13. The van der Waals surface area contributed by atoms with Crippen LogP contribution in [0.2, 0.25) is 0 Å². The molecule has 0 N–H and O–H groups in total. The number of hydrogen-bond acceptors (Lipinski definition) is 4. The zero-order chi connectivity index (χ0) is 14.4. The maximum atomic E-state index is 12.8. The summed E-state index contributed by atoms with van der Waals surface area (Å²) in [6.45, 7) is 1.79. The third-order valence-electron chi connectivity index (χ3n) is 2.40. The number of alkyl halides is 3. The Bertz CT molecular complexity index is 515. The van der Waals surface area contributed by atoms with Crippen molar-refractivity contribution < 1.29 is 18.3 Å². The van der Waals surface area contributed by atoms with Crippen LogP contribution in [0.4, 0.5) is 8.78 Å². The molecule has 0 aliphatic heterocycles. The summed E-state index contributed by atoms with van der Waals surface area (Å²) in [6, 6.07) is 1.68. The Kier molecular flexibility index (Phi) is 5.64. The summed E-state index contributed by atoms with van der Waals surface area (Å²) in [6.07, 6.45) is -2.23. The van der Waals surface area contributed by atoms with Crippen LogP contribution in [0, 0.1) is 11.3 Å². The van der Waals surface area contributed by atoms with Gasteiger partial charge in [-0.3, -0.25) is 9.78 Å². The number of hydrogen-bond donors (Lipinski definition) is 0. The molecule has 0 atom stereocenters. The number of pyridine rings is 1. The Balaban J connectivity index is 3.28. The van der Waals surface area contributed by atoms with Gasteiger partial charge in [-0.05, 0) is 6.92 Å². The number of carbonyl (C=O) groups is 1. The Labute approximate surface area is 114 Å². The Morgan fingerprint density at radius 1 is 1.63 bits per heavy atom. The molecule has 4 nitrogen and oxygen atoms in total. The van der Waals surface area contributed by atoms with Gasteiger partial charge in [-0.1, -0.05) is 0 Å². The van der Waals surface area contributed by atoms with Crippen LogP contribution < -0.4 is 0 Å². The predicted octanol–water partition coefficient (Wildman–Crippen LogP) is 2.74. The first-order valence-electron chi connectivity index (χ1n) is 5.45. The molecule has 1 aromatic rings. The predicted molar refractivity (Wildman–Crippen MR) is 63.8 cm³/mol. The molecule has 0 radical (unpaired) electrons. The Morgan fingerprint density at radius 3 is 2.79 bits per heavy atom. The molecule has 1 heterocycles. The van der Waals surface area contributed by atoms with Gasteiger partial charge in [0.05, 0.1) is 35.7 Å². The summed E-state index contributed by atoms with van der Waals surface area (Å²) in [5.74, 6) is -0.689. The third-order valence-corrected chi connectivity index (χ3v) is 2.65. The highest BCUT2D eigenvalue weighted by Gasteiger charge is 2.22. The zero-order valence-corrected chi connectivity index (χ0v) is 10.9. The Hall–Kier alpha value is -1.74. The van der Waals surface area contributed by atoms with Gasteiger partial charge in [0.25, 0.3) is 6.43 Å². The highest BCUT2D eigenvalue weighted by Crippen LogP contribution is 2.27. The second-order valence-corrected chi connectivity index (χ2v) is 3.81. The van der Waals surface area contributed by atoms with Crippen LogP contribution in [0.3, 0.4) is 0 Å². The van der Waals surface area contributed by atoms with Crippen molar-refractivity contribution in [1.29, 1.82) is 5.26 Å². The second-order valence-electron chi connectivity index (χ2n) is 3.54. The minimum atomic E-state index is -2.84. The number of nitriles is 1. The van der Waals surface area contributed by atoms with Crippen molar-refractivity contribution in [3.05, 3.63) is 28.6 Å². The van der Waals surface area contributed by atoms with Crippen LogP contribution in [0.25, 0.3) is 0 Å². The van der Waals surface area contributed by atoms with Crippen molar-refractivity contribution in [1.82, 2.24) is 4.98 Å². The van der Waals surface area contributed by atoms with Crippen molar-refractivity contribution in [3.8, 4) is 6.07 Å². The van der Waals surface area contributed by atoms with Gasteiger partial charge in [0.15, 0.2) is 0 Å². The molecule has 0 fully saturated rings.